The first-order chi connectivity index (χ1) is 11.7. The lowest BCUT2D eigenvalue weighted by Gasteiger charge is -2.55. The molecule has 0 unspecified atom stereocenters. The van der Waals surface area contributed by atoms with Crippen molar-refractivity contribution in [2.45, 2.75) is 77.9 Å². The predicted octanol–water partition coefficient (Wildman–Crippen LogP) is 3.19. The van der Waals surface area contributed by atoms with E-state index in [4.69, 9.17) is 4.74 Å². The lowest BCUT2D eigenvalue weighted by Crippen LogP contribution is -2.54. The molecule has 25 heavy (non-hydrogen) atoms. The molecule has 0 saturated heterocycles. The van der Waals surface area contributed by atoms with Gasteiger partial charge in [0, 0.05) is 0 Å². The predicted molar refractivity (Wildman–Crippen MR) is 93.2 cm³/mol. The molecule has 138 valence electrons. The van der Waals surface area contributed by atoms with E-state index in [1.165, 1.54) is 19.3 Å². The SMILES string of the molecule is CC(C)[C@](C)(C#N)NC(=O)[C@@H](C)OC(=O)C12CC3CC(CC(C3)C1)C2. The second-order valence-corrected chi connectivity index (χ2v) is 9.20. The smallest absolute Gasteiger partial charge is 0.312 e. The van der Waals surface area contributed by atoms with Crippen molar-refractivity contribution in [1.29, 1.82) is 5.26 Å². The average Bonchev–Trinajstić information content (AvgIpc) is 2.53. The van der Waals surface area contributed by atoms with Crippen LogP contribution in [0.5, 0.6) is 0 Å². The molecule has 4 aliphatic carbocycles. The van der Waals surface area contributed by atoms with Crippen LogP contribution in [0.25, 0.3) is 0 Å². The molecule has 4 fully saturated rings. The summed E-state index contributed by atoms with van der Waals surface area (Å²) in [5, 5.41) is 12.1. The minimum Gasteiger partial charge on any atom is -0.452 e. The molecule has 0 aromatic rings. The van der Waals surface area contributed by atoms with Gasteiger partial charge in [0.1, 0.15) is 5.54 Å². The fraction of sp³-hybridized carbons (Fsp3) is 0.850. The summed E-state index contributed by atoms with van der Waals surface area (Å²) in [5.74, 6) is 1.35. The number of ether oxygens (including phenoxy) is 1. The lowest BCUT2D eigenvalue weighted by atomic mass is 9.49. The van der Waals surface area contributed by atoms with Gasteiger partial charge in [-0.05, 0) is 76.0 Å². The molecule has 4 bridgehead atoms. The zero-order valence-corrected chi connectivity index (χ0v) is 15.8. The van der Waals surface area contributed by atoms with Gasteiger partial charge in [-0.2, -0.15) is 5.26 Å². The largest absolute Gasteiger partial charge is 0.452 e. The Morgan fingerprint density at radius 1 is 1.12 bits per heavy atom. The highest BCUT2D eigenvalue weighted by molar-refractivity contribution is 5.86. The summed E-state index contributed by atoms with van der Waals surface area (Å²) in [6.45, 7) is 7.07. The number of carbonyl (C=O) groups excluding carboxylic acids is 2. The Morgan fingerprint density at radius 3 is 2.00 bits per heavy atom. The maximum absolute atomic E-state index is 12.9. The molecule has 0 aromatic carbocycles. The van der Waals surface area contributed by atoms with Crippen LogP contribution in [0.4, 0.5) is 0 Å². The Hall–Kier alpha value is -1.57. The number of hydrogen-bond acceptors (Lipinski definition) is 4. The summed E-state index contributed by atoms with van der Waals surface area (Å²) >= 11 is 0. The van der Waals surface area contributed by atoms with E-state index in [2.05, 4.69) is 11.4 Å². The molecule has 1 amide bonds. The fourth-order valence-corrected chi connectivity index (χ4v) is 5.36. The van der Waals surface area contributed by atoms with Crippen LogP contribution in [0.3, 0.4) is 0 Å². The Labute approximate surface area is 150 Å². The summed E-state index contributed by atoms with van der Waals surface area (Å²) in [7, 11) is 0. The van der Waals surface area contributed by atoms with Gasteiger partial charge in [0.05, 0.1) is 11.5 Å². The van der Waals surface area contributed by atoms with Crippen LogP contribution >= 0.6 is 0 Å². The van der Waals surface area contributed by atoms with Crippen molar-refractivity contribution in [1.82, 2.24) is 5.32 Å². The number of nitriles is 1. The molecule has 1 N–H and O–H groups in total. The third-order valence-corrected chi connectivity index (χ3v) is 6.89. The summed E-state index contributed by atoms with van der Waals surface area (Å²) in [6, 6.07) is 2.15. The number of esters is 1. The minimum absolute atomic E-state index is 0.0347. The molecule has 4 aliphatic rings. The van der Waals surface area contributed by atoms with Crippen molar-refractivity contribution in [3.8, 4) is 6.07 Å². The highest BCUT2D eigenvalue weighted by Crippen LogP contribution is 2.60. The van der Waals surface area contributed by atoms with Crippen LogP contribution in [0.1, 0.15) is 66.2 Å². The molecule has 5 heteroatoms. The first-order valence-electron chi connectivity index (χ1n) is 9.62. The molecule has 5 nitrogen and oxygen atoms in total. The zero-order chi connectivity index (χ0) is 18.4. The van der Waals surface area contributed by atoms with E-state index in [9.17, 15) is 14.9 Å². The van der Waals surface area contributed by atoms with Gasteiger partial charge >= 0.3 is 5.97 Å². The van der Waals surface area contributed by atoms with E-state index < -0.39 is 17.6 Å². The van der Waals surface area contributed by atoms with Gasteiger partial charge in [0.2, 0.25) is 0 Å². The average molecular weight is 346 g/mol. The number of nitrogens with zero attached hydrogens (tertiary/aromatic N) is 1. The van der Waals surface area contributed by atoms with E-state index in [-0.39, 0.29) is 17.3 Å². The molecule has 0 aliphatic heterocycles. The molecule has 0 aromatic heterocycles. The van der Waals surface area contributed by atoms with Gasteiger partial charge in [-0.3, -0.25) is 9.59 Å². The molecule has 0 spiro atoms. The quantitative estimate of drug-likeness (QED) is 0.775. The standard InChI is InChI=1S/C20H30N2O3/c1-12(2)19(4,11-21)22-17(23)13(3)25-18(24)20-8-14-5-15(9-20)7-16(6-14)10-20/h12-16H,5-10H2,1-4H3,(H,22,23)/t13-,14?,15?,16?,19+,20?/m1/s1. The van der Waals surface area contributed by atoms with Gasteiger partial charge < -0.3 is 10.1 Å². The van der Waals surface area contributed by atoms with Crippen molar-refractivity contribution in [3.05, 3.63) is 0 Å². The first-order valence-corrected chi connectivity index (χ1v) is 9.62. The van der Waals surface area contributed by atoms with Crippen LogP contribution in [0, 0.1) is 40.4 Å². The summed E-state index contributed by atoms with van der Waals surface area (Å²) in [6.07, 6.45) is 5.69. The second kappa shape index (κ2) is 6.30. The van der Waals surface area contributed by atoms with Crippen LogP contribution < -0.4 is 5.32 Å². The van der Waals surface area contributed by atoms with E-state index in [1.54, 1.807) is 13.8 Å². The monoisotopic (exact) mass is 346 g/mol. The summed E-state index contributed by atoms with van der Waals surface area (Å²) in [4.78, 5) is 25.4. The molecular weight excluding hydrogens is 316 g/mol. The van der Waals surface area contributed by atoms with Crippen molar-refractivity contribution in [2.75, 3.05) is 0 Å². The van der Waals surface area contributed by atoms with E-state index >= 15 is 0 Å². The Balaban J connectivity index is 1.63. The normalized spacial score (nSPS) is 36.4. The van der Waals surface area contributed by atoms with Gasteiger partial charge in [-0.1, -0.05) is 13.8 Å². The Morgan fingerprint density at radius 2 is 1.60 bits per heavy atom. The molecule has 0 heterocycles. The van der Waals surface area contributed by atoms with Crippen molar-refractivity contribution < 1.29 is 14.3 Å². The Bertz CT molecular complexity index is 571. The highest BCUT2D eigenvalue weighted by atomic mass is 16.5. The van der Waals surface area contributed by atoms with Gasteiger partial charge in [-0.15, -0.1) is 0 Å². The fourth-order valence-electron chi connectivity index (χ4n) is 5.36. The third-order valence-electron chi connectivity index (χ3n) is 6.89. The minimum atomic E-state index is -0.960. The third kappa shape index (κ3) is 3.28. The second-order valence-electron chi connectivity index (χ2n) is 9.20. The zero-order valence-electron chi connectivity index (χ0n) is 15.8. The summed E-state index contributed by atoms with van der Waals surface area (Å²) in [5.41, 5.74) is -1.32. The highest BCUT2D eigenvalue weighted by Gasteiger charge is 2.56. The van der Waals surface area contributed by atoms with Gasteiger partial charge in [-0.25, -0.2) is 0 Å². The van der Waals surface area contributed by atoms with Crippen LogP contribution in [0.15, 0.2) is 0 Å². The van der Waals surface area contributed by atoms with Crippen molar-refractivity contribution in [3.63, 3.8) is 0 Å². The number of rotatable bonds is 5. The molecule has 4 saturated carbocycles. The van der Waals surface area contributed by atoms with E-state index in [0.29, 0.717) is 17.8 Å². The summed E-state index contributed by atoms with van der Waals surface area (Å²) < 4.78 is 5.61. The number of nitrogens with one attached hydrogen (secondary N) is 1. The number of amides is 1. The molecular formula is C20H30N2O3. The number of carbonyl (C=O) groups is 2. The first kappa shape index (κ1) is 18.2. The molecule has 4 rings (SSSR count). The van der Waals surface area contributed by atoms with Crippen LogP contribution in [-0.2, 0) is 14.3 Å². The number of hydrogen-bond donors (Lipinski definition) is 1. The van der Waals surface area contributed by atoms with Crippen LogP contribution in [-0.4, -0.2) is 23.5 Å². The van der Waals surface area contributed by atoms with Gasteiger partial charge in [0.15, 0.2) is 6.10 Å². The molecule has 2 atom stereocenters. The van der Waals surface area contributed by atoms with E-state index in [0.717, 1.165) is 19.3 Å². The maximum atomic E-state index is 12.9. The van der Waals surface area contributed by atoms with E-state index in [1.807, 2.05) is 13.8 Å². The lowest BCUT2D eigenvalue weighted by molar-refractivity contribution is -0.178. The maximum Gasteiger partial charge on any atom is 0.312 e. The molecule has 0 radical (unpaired) electrons. The van der Waals surface area contributed by atoms with Crippen molar-refractivity contribution in [2.24, 2.45) is 29.1 Å². The topological polar surface area (TPSA) is 79.2 Å². The van der Waals surface area contributed by atoms with Gasteiger partial charge in [0.25, 0.3) is 5.91 Å². The van der Waals surface area contributed by atoms with Crippen molar-refractivity contribution >= 4 is 11.9 Å². The Kier molecular flexibility index (Phi) is 4.59. The van der Waals surface area contributed by atoms with Crippen LogP contribution in [0.2, 0.25) is 0 Å².